The van der Waals surface area contributed by atoms with Crippen LogP contribution in [0.5, 0.6) is 0 Å². The molecule has 0 saturated carbocycles. The van der Waals surface area contributed by atoms with Crippen molar-refractivity contribution in [3.63, 3.8) is 0 Å². The number of thioether (sulfide) groups is 1. The Morgan fingerprint density at radius 2 is 2.21 bits per heavy atom. The molecule has 2 rings (SSSR count). The van der Waals surface area contributed by atoms with Gasteiger partial charge in [0.2, 0.25) is 0 Å². The summed E-state index contributed by atoms with van der Waals surface area (Å²) in [4.78, 5) is 0. The van der Waals surface area contributed by atoms with E-state index in [0.29, 0.717) is 5.25 Å². The molecule has 0 aromatic heterocycles. The fraction of sp³-hybridized carbons (Fsp3) is 0.625. The summed E-state index contributed by atoms with van der Waals surface area (Å²) in [6.45, 7) is 7.10. The Kier molecular flexibility index (Phi) is 5.28. The number of hydrogen-bond acceptors (Lipinski definition) is 2. The summed E-state index contributed by atoms with van der Waals surface area (Å²) in [5.74, 6) is 1.17. The van der Waals surface area contributed by atoms with Crippen LogP contribution in [-0.2, 0) is 0 Å². The Balaban J connectivity index is 2.31. The van der Waals surface area contributed by atoms with Crippen LogP contribution in [0.2, 0.25) is 0 Å². The molecule has 1 fully saturated rings. The monoisotopic (exact) mass is 281 g/mol. The summed E-state index contributed by atoms with van der Waals surface area (Å²) in [5, 5.41) is 4.08. The Bertz CT molecular complexity index is 404. The Morgan fingerprint density at radius 3 is 2.79 bits per heavy atom. The first kappa shape index (κ1) is 14.9. The lowest BCUT2D eigenvalue weighted by Crippen LogP contribution is -2.31. The summed E-state index contributed by atoms with van der Waals surface area (Å²) in [5.41, 5.74) is 2.98. The SMILES string of the molecule is CCCNC(c1c(C)cc(C)cc1F)C1CCCS1. The van der Waals surface area contributed by atoms with Crippen LogP contribution in [0.1, 0.15) is 48.9 Å². The highest BCUT2D eigenvalue weighted by Gasteiger charge is 2.29. The van der Waals surface area contributed by atoms with Crippen molar-refractivity contribution in [2.45, 2.75) is 51.3 Å². The maximum atomic E-state index is 14.4. The van der Waals surface area contributed by atoms with Gasteiger partial charge in [-0.2, -0.15) is 11.8 Å². The zero-order valence-corrected chi connectivity index (χ0v) is 12.9. The van der Waals surface area contributed by atoms with Gasteiger partial charge in [-0.25, -0.2) is 4.39 Å². The van der Waals surface area contributed by atoms with Crippen LogP contribution in [0.4, 0.5) is 4.39 Å². The normalized spacial score (nSPS) is 20.7. The van der Waals surface area contributed by atoms with Crippen molar-refractivity contribution in [2.75, 3.05) is 12.3 Å². The van der Waals surface area contributed by atoms with Gasteiger partial charge in [0, 0.05) is 16.9 Å². The molecule has 1 aliphatic heterocycles. The summed E-state index contributed by atoms with van der Waals surface area (Å²) < 4.78 is 14.4. The molecule has 2 atom stereocenters. The van der Waals surface area contributed by atoms with Crippen molar-refractivity contribution in [1.82, 2.24) is 5.32 Å². The van der Waals surface area contributed by atoms with E-state index in [1.807, 2.05) is 25.6 Å². The average Bonchev–Trinajstić information content (AvgIpc) is 2.85. The molecule has 1 nitrogen and oxygen atoms in total. The molecule has 106 valence electrons. The summed E-state index contributed by atoms with van der Waals surface area (Å²) in [7, 11) is 0. The van der Waals surface area contributed by atoms with Crippen LogP contribution in [0.25, 0.3) is 0 Å². The predicted molar refractivity (Wildman–Crippen MR) is 82.4 cm³/mol. The summed E-state index contributed by atoms with van der Waals surface area (Å²) in [6, 6.07) is 3.93. The standard InChI is InChI=1S/C16H24FNS/c1-4-7-18-16(14-6-5-8-19-14)15-12(3)9-11(2)10-13(15)17/h9-10,14,16,18H,4-8H2,1-3H3. The third-order valence-corrected chi connectivity index (χ3v) is 5.20. The molecule has 1 saturated heterocycles. The van der Waals surface area contributed by atoms with Gasteiger partial charge < -0.3 is 5.32 Å². The van der Waals surface area contributed by atoms with Crippen molar-refractivity contribution >= 4 is 11.8 Å². The third-order valence-electron chi connectivity index (χ3n) is 3.74. The lowest BCUT2D eigenvalue weighted by molar-refractivity contribution is 0.475. The van der Waals surface area contributed by atoms with Crippen molar-refractivity contribution in [3.8, 4) is 0 Å². The Labute approximate surface area is 120 Å². The van der Waals surface area contributed by atoms with Gasteiger partial charge in [0.25, 0.3) is 0 Å². The smallest absolute Gasteiger partial charge is 0.128 e. The van der Waals surface area contributed by atoms with Crippen LogP contribution in [0, 0.1) is 19.7 Å². The molecule has 0 spiro atoms. The van der Waals surface area contributed by atoms with Gasteiger partial charge in [-0.15, -0.1) is 0 Å². The number of nitrogens with one attached hydrogen (secondary N) is 1. The molecule has 0 radical (unpaired) electrons. The van der Waals surface area contributed by atoms with Gasteiger partial charge in [-0.05, 0) is 62.6 Å². The molecule has 1 aliphatic rings. The fourth-order valence-corrected chi connectivity index (χ4v) is 4.30. The first-order valence-electron chi connectivity index (χ1n) is 7.25. The second-order valence-corrected chi connectivity index (χ2v) is 6.81. The molecule has 1 heterocycles. The summed E-state index contributed by atoms with van der Waals surface area (Å²) >= 11 is 1.99. The molecular formula is C16H24FNS. The Morgan fingerprint density at radius 1 is 1.42 bits per heavy atom. The van der Waals surface area contributed by atoms with E-state index in [0.717, 1.165) is 29.7 Å². The van der Waals surface area contributed by atoms with E-state index in [1.165, 1.54) is 18.6 Å². The predicted octanol–water partition coefficient (Wildman–Crippen LogP) is 4.38. The van der Waals surface area contributed by atoms with E-state index >= 15 is 0 Å². The highest BCUT2D eigenvalue weighted by atomic mass is 32.2. The maximum absolute atomic E-state index is 14.4. The lowest BCUT2D eigenvalue weighted by Gasteiger charge is -2.27. The quantitative estimate of drug-likeness (QED) is 0.859. The largest absolute Gasteiger partial charge is 0.309 e. The molecule has 0 amide bonds. The average molecular weight is 281 g/mol. The van der Waals surface area contributed by atoms with Gasteiger partial charge in [0.1, 0.15) is 5.82 Å². The molecule has 3 heteroatoms. The Hall–Kier alpha value is -0.540. The number of halogens is 1. The highest BCUT2D eigenvalue weighted by Crippen LogP contribution is 2.38. The third kappa shape index (κ3) is 3.51. The van der Waals surface area contributed by atoms with E-state index in [2.05, 4.69) is 18.3 Å². The minimum absolute atomic E-state index is 0.0430. The maximum Gasteiger partial charge on any atom is 0.128 e. The highest BCUT2D eigenvalue weighted by molar-refractivity contribution is 8.00. The van der Waals surface area contributed by atoms with Crippen molar-refractivity contribution in [3.05, 3.63) is 34.6 Å². The van der Waals surface area contributed by atoms with E-state index < -0.39 is 0 Å². The van der Waals surface area contributed by atoms with Crippen molar-refractivity contribution in [1.29, 1.82) is 0 Å². The van der Waals surface area contributed by atoms with Crippen LogP contribution >= 0.6 is 11.8 Å². The second-order valence-electron chi connectivity index (χ2n) is 5.46. The number of rotatable bonds is 5. The number of hydrogen-bond donors (Lipinski definition) is 1. The molecular weight excluding hydrogens is 257 g/mol. The minimum Gasteiger partial charge on any atom is -0.309 e. The van der Waals surface area contributed by atoms with Crippen molar-refractivity contribution in [2.24, 2.45) is 0 Å². The van der Waals surface area contributed by atoms with Gasteiger partial charge >= 0.3 is 0 Å². The molecule has 1 aromatic carbocycles. The van der Waals surface area contributed by atoms with E-state index in [-0.39, 0.29) is 11.9 Å². The topological polar surface area (TPSA) is 12.0 Å². The van der Waals surface area contributed by atoms with Gasteiger partial charge in [-0.3, -0.25) is 0 Å². The second kappa shape index (κ2) is 6.76. The first-order chi connectivity index (χ1) is 9.13. The van der Waals surface area contributed by atoms with Gasteiger partial charge in [0.05, 0.1) is 0 Å². The van der Waals surface area contributed by atoms with E-state index in [1.54, 1.807) is 6.07 Å². The lowest BCUT2D eigenvalue weighted by atomic mass is 9.94. The number of aryl methyl sites for hydroxylation is 2. The van der Waals surface area contributed by atoms with E-state index in [9.17, 15) is 4.39 Å². The molecule has 1 aromatic rings. The van der Waals surface area contributed by atoms with Gasteiger partial charge in [0.15, 0.2) is 0 Å². The summed E-state index contributed by atoms with van der Waals surface area (Å²) in [6.07, 6.45) is 3.53. The molecule has 0 bridgehead atoms. The molecule has 1 N–H and O–H groups in total. The number of benzene rings is 1. The first-order valence-corrected chi connectivity index (χ1v) is 8.30. The van der Waals surface area contributed by atoms with Crippen LogP contribution in [-0.4, -0.2) is 17.5 Å². The van der Waals surface area contributed by atoms with Gasteiger partial charge in [-0.1, -0.05) is 13.0 Å². The fourth-order valence-electron chi connectivity index (χ4n) is 2.91. The molecule has 2 unspecified atom stereocenters. The molecule has 19 heavy (non-hydrogen) atoms. The van der Waals surface area contributed by atoms with Crippen molar-refractivity contribution < 1.29 is 4.39 Å². The zero-order valence-electron chi connectivity index (χ0n) is 12.1. The zero-order chi connectivity index (χ0) is 13.8. The van der Waals surface area contributed by atoms with Crippen LogP contribution in [0.3, 0.4) is 0 Å². The molecule has 0 aliphatic carbocycles. The van der Waals surface area contributed by atoms with E-state index in [4.69, 9.17) is 0 Å². The van der Waals surface area contributed by atoms with Crippen LogP contribution < -0.4 is 5.32 Å². The van der Waals surface area contributed by atoms with Crippen LogP contribution in [0.15, 0.2) is 12.1 Å². The minimum atomic E-state index is -0.0430.